The predicted molar refractivity (Wildman–Crippen MR) is 65.9 cm³/mol. The summed E-state index contributed by atoms with van der Waals surface area (Å²) in [5, 5.41) is 9.39. The minimum Gasteiger partial charge on any atom is -0.435 e. The number of halogens is 3. The maximum atomic E-state index is 12.2. The van der Waals surface area contributed by atoms with E-state index in [9.17, 15) is 8.78 Å². The molecular formula is C11H13ClF2O2S. The van der Waals surface area contributed by atoms with Gasteiger partial charge in [-0.1, -0.05) is 18.5 Å². The van der Waals surface area contributed by atoms with E-state index < -0.39 is 6.61 Å². The van der Waals surface area contributed by atoms with E-state index in [0.717, 1.165) is 0 Å². The average Bonchev–Trinajstić information content (AvgIpc) is 2.28. The summed E-state index contributed by atoms with van der Waals surface area (Å²) in [6.07, 6.45) is 0. The van der Waals surface area contributed by atoms with E-state index in [0.29, 0.717) is 16.3 Å². The van der Waals surface area contributed by atoms with Crippen LogP contribution in [-0.4, -0.2) is 23.6 Å². The number of thioether (sulfide) groups is 1. The molecule has 0 aliphatic rings. The molecule has 1 N–H and O–H groups in total. The van der Waals surface area contributed by atoms with E-state index in [1.54, 1.807) is 6.07 Å². The summed E-state index contributed by atoms with van der Waals surface area (Å²) in [6, 6.07) is 4.52. The van der Waals surface area contributed by atoms with Crippen LogP contribution in [0.15, 0.2) is 18.2 Å². The highest BCUT2D eigenvalue weighted by Crippen LogP contribution is 2.29. The molecule has 6 heteroatoms. The molecule has 0 saturated heterocycles. The molecule has 0 spiro atoms. The SMILES string of the molecule is CC(CO)SCc1cc(Cl)ccc1OC(F)F. The summed E-state index contributed by atoms with van der Waals surface area (Å²) in [4.78, 5) is 0. The smallest absolute Gasteiger partial charge is 0.387 e. The average molecular weight is 283 g/mol. The van der Waals surface area contributed by atoms with Gasteiger partial charge in [0.15, 0.2) is 0 Å². The minimum atomic E-state index is -2.85. The molecule has 0 aromatic heterocycles. The van der Waals surface area contributed by atoms with Crippen molar-refractivity contribution in [3.8, 4) is 5.75 Å². The normalized spacial score (nSPS) is 12.8. The Labute approximate surface area is 108 Å². The fourth-order valence-corrected chi connectivity index (χ4v) is 2.15. The van der Waals surface area contributed by atoms with E-state index in [1.165, 1.54) is 23.9 Å². The second-order valence-electron chi connectivity index (χ2n) is 3.43. The Kier molecular flexibility index (Phi) is 6.02. The van der Waals surface area contributed by atoms with Crippen molar-refractivity contribution in [2.24, 2.45) is 0 Å². The fraction of sp³-hybridized carbons (Fsp3) is 0.455. The lowest BCUT2D eigenvalue weighted by molar-refractivity contribution is -0.0503. The van der Waals surface area contributed by atoms with Crippen LogP contribution in [0.2, 0.25) is 5.02 Å². The molecule has 1 aromatic rings. The summed E-state index contributed by atoms with van der Waals surface area (Å²) in [5.41, 5.74) is 0.600. The van der Waals surface area contributed by atoms with Crippen molar-refractivity contribution in [1.82, 2.24) is 0 Å². The Morgan fingerprint density at radius 2 is 2.18 bits per heavy atom. The minimum absolute atomic E-state index is 0.0355. The number of aliphatic hydroxyl groups is 1. The van der Waals surface area contributed by atoms with E-state index >= 15 is 0 Å². The second-order valence-corrected chi connectivity index (χ2v) is 5.30. The molecule has 0 bridgehead atoms. The lowest BCUT2D eigenvalue weighted by Gasteiger charge is -2.12. The van der Waals surface area contributed by atoms with Crippen LogP contribution in [-0.2, 0) is 5.75 Å². The summed E-state index contributed by atoms with van der Waals surface area (Å²) >= 11 is 7.25. The third kappa shape index (κ3) is 5.10. The summed E-state index contributed by atoms with van der Waals surface area (Å²) in [7, 11) is 0. The third-order valence-corrected chi connectivity index (χ3v) is 3.45. The van der Waals surface area contributed by atoms with Gasteiger partial charge >= 0.3 is 6.61 Å². The van der Waals surface area contributed by atoms with Crippen molar-refractivity contribution >= 4 is 23.4 Å². The van der Waals surface area contributed by atoms with Gasteiger partial charge in [-0.2, -0.15) is 20.5 Å². The van der Waals surface area contributed by atoms with Crippen LogP contribution < -0.4 is 4.74 Å². The van der Waals surface area contributed by atoms with Crippen LogP contribution in [0.5, 0.6) is 5.75 Å². The van der Waals surface area contributed by atoms with Crippen LogP contribution in [0.3, 0.4) is 0 Å². The highest BCUT2D eigenvalue weighted by Gasteiger charge is 2.11. The number of hydrogen-bond acceptors (Lipinski definition) is 3. The number of benzene rings is 1. The standard InChI is InChI=1S/C11H13ClF2O2S/c1-7(5-15)17-6-8-4-9(12)2-3-10(8)16-11(13)14/h2-4,7,11,15H,5-6H2,1H3. The van der Waals surface area contributed by atoms with Crippen LogP contribution in [0.4, 0.5) is 8.78 Å². The molecule has 1 atom stereocenters. The Bertz CT molecular complexity index is 363. The van der Waals surface area contributed by atoms with Gasteiger partial charge in [-0.15, -0.1) is 0 Å². The molecule has 0 heterocycles. The van der Waals surface area contributed by atoms with E-state index in [1.807, 2.05) is 6.92 Å². The summed E-state index contributed by atoms with van der Waals surface area (Å²) < 4.78 is 28.7. The lowest BCUT2D eigenvalue weighted by atomic mass is 10.2. The van der Waals surface area contributed by atoms with Gasteiger partial charge in [-0.05, 0) is 18.2 Å². The Morgan fingerprint density at radius 3 is 2.76 bits per heavy atom. The highest BCUT2D eigenvalue weighted by molar-refractivity contribution is 7.99. The van der Waals surface area contributed by atoms with Gasteiger partial charge in [0.25, 0.3) is 0 Å². The molecule has 2 nitrogen and oxygen atoms in total. The largest absolute Gasteiger partial charge is 0.435 e. The highest BCUT2D eigenvalue weighted by atomic mass is 35.5. The van der Waals surface area contributed by atoms with Gasteiger partial charge in [-0.25, -0.2) is 0 Å². The second kappa shape index (κ2) is 7.03. The van der Waals surface area contributed by atoms with E-state index in [-0.39, 0.29) is 17.6 Å². The maximum Gasteiger partial charge on any atom is 0.387 e. The molecule has 1 unspecified atom stereocenters. The van der Waals surface area contributed by atoms with Crippen molar-refractivity contribution in [3.63, 3.8) is 0 Å². The van der Waals surface area contributed by atoms with Crippen molar-refractivity contribution in [2.45, 2.75) is 24.5 Å². The molecule has 0 aliphatic carbocycles. The topological polar surface area (TPSA) is 29.5 Å². The van der Waals surface area contributed by atoms with E-state index in [4.69, 9.17) is 16.7 Å². The molecule has 0 radical (unpaired) electrons. The Morgan fingerprint density at radius 1 is 1.47 bits per heavy atom. The first kappa shape index (κ1) is 14.5. The van der Waals surface area contributed by atoms with Crippen LogP contribution in [0, 0.1) is 0 Å². The zero-order valence-corrected chi connectivity index (χ0v) is 10.8. The molecule has 0 fully saturated rings. The zero-order valence-electron chi connectivity index (χ0n) is 9.20. The number of rotatable bonds is 6. The van der Waals surface area contributed by atoms with Gasteiger partial charge in [-0.3, -0.25) is 0 Å². The van der Waals surface area contributed by atoms with Crippen LogP contribution in [0.25, 0.3) is 0 Å². The van der Waals surface area contributed by atoms with Gasteiger partial charge in [0.1, 0.15) is 5.75 Å². The first-order valence-electron chi connectivity index (χ1n) is 4.98. The zero-order chi connectivity index (χ0) is 12.8. The number of ether oxygens (including phenoxy) is 1. The summed E-state index contributed by atoms with van der Waals surface area (Å²) in [6.45, 7) is -0.964. The summed E-state index contributed by atoms with van der Waals surface area (Å²) in [5.74, 6) is 0.590. The van der Waals surface area contributed by atoms with Gasteiger partial charge in [0.05, 0.1) is 6.61 Å². The number of hydrogen-bond donors (Lipinski definition) is 1. The van der Waals surface area contributed by atoms with E-state index in [2.05, 4.69) is 4.74 Å². The van der Waals surface area contributed by atoms with Crippen LogP contribution in [0.1, 0.15) is 12.5 Å². The number of alkyl halides is 2. The molecule has 1 aromatic carbocycles. The third-order valence-electron chi connectivity index (χ3n) is 2.02. The first-order chi connectivity index (χ1) is 8.02. The molecule has 96 valence electrons. The number of aliphatic hydroxyl groups excluding tert-OH is 1. The maximum absolute atomic E-state index is 12.2. The Hall–Kier alpha value is -0.520. The van der Waals surface area contributed by atoms with Gasteiger partial charge < -0.3 is 9.84 Å². The molecular weight excluding hydrogens is 270 g/mol. The quantitative estimate of drug-likeness (QED) is 0.865. The van der Waals surface area contributed by atoms with Gasteiger partial charge in [0, 0.05) is 21.6 Å². The molecule has 0 amide bonds. The van der Waals surface area contributed by atoms with Crippen molar-refractivity contribution in [3.05, 3.63) is 28.8 Å². The monoisotopic (exact) mass is 282 g/mol. The van der Waals surface area contributed by atoms with Crippen molar-refractivity contribution in [2.75, 3.05) is 6.61 Å². The Balaban J connectivity index is 2.76. The van der Waals surface area contributed by atoms with Crippen molar-refractivity contribution in [1.29, 1.82) is 0 Å². The lowest BCUT2D eigenvalue weighted by Crippen LogP contribution is -2.06. The van der Waals surface area contributed by atoms with Crippen molar-refractivity contribution < 1.29 is 18.6 Å². The first-order valence-corrected chi connectivity index (χ1v) is 6.41. The van der Waals surface area contributed by atoms with Gasteiger partial charge in [0.2, 0.25) is 0 Å². The molecule has 0 aliphatic heterocycles. The fourth-order valence-electron chi connectivity index (χ4n) is 1.16. The predicted octanol–water partition coefficient (Wildman–Crippen LogP) is 3.56. The molecule has 17 heavy (non-hydrogen) atoms. The molecule has 0 saturated carbocycles. The molecule has 1 rings (SSSR count). The van der Waals surface area contributed by atoms with Crippen LogP contribution >= 0.6 is 23.4 Å².